The summed E-state index contributed by atoms with van der Waals surface area (Å²) in [6.45, 7) is -0.0288. The summed E-state index contributed by atoms with van der Waals surface area (Å²) in [5.41, 5.74) is 1.80. The van der Waals surface area contributed by atoms with Gasteiger partial charge in [-0.25, -0.2) is 4.79 Å². The van der Waals surface area contributed by atoms with Crippen LogP contribution in [-0.2, 0) is 31.9 Å². The number of aliphatic carboxylic acids is 2. The molecule has 0 aromatic heterocycles. The fourth-order valence-electron chi connectivity index (χ4n) is 2.25. The number of benzene rings is 1. The number of carboxylic acids is 2. The van der Waals surface area contributed by atoms with Crippen molar-refractivity contribution in [2.24, 2.45) is 0 Å². The SMILES string of the molecule is O=C(O)CCc1ccccc1C[C@@H]1OCO[C@H]1C(=O)O. The van der Waals surface area contributed by atoms with E-state index in [-0.39, 0.29) is 13.2 Å². The number of aryl methyl sites for hydroxylation is 1. The van der Waals surface area contributed by atoms with Gasteiger partial charge in [0.15, 0.2) is 6.10 Å². The zero-order valence-corrected chi connectivity index (χ0v) is 10.8. The molecule has 20 heavy (non-hydrogen) atoms. The van der Waals surface area contributed by atoms with Crippen LogP contribution in [0.4, 0.5) is 0 Å². The lowest BCUT2D eigenvalue weighted by Crippen LogP contribution is -2.32. The normalized spacial score (nSPS) is 21.8. The molecule has 1 aliphatic heterocycles. The van der Waals surface area contributed by atoms with Crippen LogP contribution in [0.25, 0.3) is 0 Å². The Bertz CT molecular complexity index is 498. The molecule has 1 aromatic rings. The van der Waals surface area contributed by atoms with E-state index in [0.717, 1.165) is 11.1 Å². The highest BCUT2D eigenvalue weighted by atomic mass is 16.7. The summed E-state index contributed by atoms with van der Waals surface area (Å²) in [6.07, 6.45) is -0.661. The van der Waals surface area contributed by atoms with Crippen LogP contribution in [0.1, 0.15) is 17.5 Å². The van der Waals surface area contributed by atoms with Crippen molar-refractivity contribution >= 4 is 11.9 Å². The number of carbonyl (C=O) groups is 2. The molecule has 1 heterocycles. The van der Waals surface area contributed by atoms with Crippen molar-refractivity contribution in [1.29, 1.82) is 0 Å². The third kappa shape index (κ3) is 3.55. The maximum absolute atomic E-state index is 11.0. The minimum atomic E-state index is -1.05. The van der Waals surface area contributed by atoms with Gasteiger partial charge in [0.1, 0.15) is 12.9 Å². The van der Waals surface area contributed by atoms with E-state index in [2.05, 4.69) is 0 Å². The van der Waals surface area contributed by atoms with Gasteiger partial charge in [-0.05, 0) is 17.5 Å². The molecule has 108 valence electrons. The third-order valence-electron chi connectivity index (χ3n) is 3.26. The predicted molar refractivity (Wildman–Crippen MR) is 68.4 cm³/mol. The van der Waals surface area contributed by atoms with Crippen LogP contribution < -0.4 is 0 Å². The average molecular weight is 280 g/mol. The summed E-state index contributed by atoms with van der Waals surface area (Å²) >= 11 is 0. The second-order valence-electron chi connectivity index (χ2n) is 4.62. The van der Waals surface area contributed by atoms with E-state index in [0.29, 0.717) is 12.8 Å². The average Bonchev–Trinajstić information content (AvgIpc) is 2.86. The number of carboxylic acid groups (broad SMARTS) is 2. The molecule has 2 atom stereocenters. The maximum atomic E-state index is 11.0. The van der Waals surface area contributed by atoms with Crippen molar-refractivity contribution in [2.75, 3.05) is 6.79 Å². The lowest BCUT2D eigenvalue weighted by Gasteiger charge is -2.15. The highest BCUT2D eigenvalue weighted by Gasteiger charge is 2.35. The highest BCUT2D eigenvalue weighted by Crippen LogP contribution is 2.21. The molecule has 1 aromatic carbocycles. The lowest BCUT2D eigenvalue weighted by atomic mass is 9.96. The number of hydrogen-bond donors (Lipinski definition) is 2. The smallest absolute Gasteiger partial charge is 0.335 e. The Balaban J connectivity index is 2.08. The van der Waals surface area contributed by atoms with Crippen molar-refractivity contribution in [2.45, 2.75) is 31.5 Å². The molecular weight excluding hydrogens is 264 g/mol. The fourth-order valence-corrected chi connectivity index (χ4v) is 2.25. The Morgan fingerprint density at radius 1 is 1.15 bits per heavy atom. The summed E-state index contributed by atoms with van der Waals surface area (Å²) in [7, 11) is 0. The molecule has 6 heteroatoms. The largest absolute Gasteiger partial charge is 0.481 e. The monoisotopic (exact) mass is 280 g/mol. The van der Waals surface area contributed by atoms with Gasteiger partial charge in [0, 0.05) is 12.8 Å². The van der Waals surface area contributed by atoms with Crippen LogP contribution in [-0.4, -0.2) is 41.2 Å². The predicted octanol–water partition coefficient (Wildman–Crippen LogP) is 1.07. The van der Waals surface area contributed by atoms with Gasteiger partial charge in [-0.2, -0.15) is 0 Å². The van der Waals surface area contributed by atoms with E-state index in [1.54, 1.807) is 0 Å². The Morgan fingerprint density at radius 2 is 1.85 bits per heavy atom. The first-order valence-electron chi connectivity index (χ1n) is 6.32. The number of ether oxygens (including phenoxy) is 2. The van der Waals surface area contributed by atoms with Gasteiger partial charge in [-0.15, -0.1) is 0 Å². The molecule has 1 aliphatic rings. The topological polar surface area (TPSA) is 93.1 Å². The first-order valence-corrected chi connectivity index (χ1v) is 6.32. The molecule has 2 N–H and O–H groups in total. The van der Waals surface area contributed by atoms with Gasteiger partial charge in [-0.3, -0.25) is 4.79 Å². The first-order chi connectivity index (χ1) is 9.58. The summed E-state index contributed by atoms with van der Waals surface area (Å²) in [4.78, 5) is 21.7. The molecule has 0 radical (unpaired) electrons. The van der Waals surface area contributed by atoms with Crippen molar-refractivity contribution in [3.05, 3.63) is 35.4 Å². The zero-order valence-electron chi connectivity index (χ0n) is 10.8. The van der Waals surface area contributed by atoms with Gasteiger partial charge >= 0.3 is 11.9 Å². The quantitative estimate of drug-likeness (QED) is 0.809. The molecule has 0 amide bonds. The molecule has 0 spiro atoms. The van der Waals surface area contributed by atoms with Crippen LogP contribution in [0.15, 0.2) is 24.3 Å². The minimum Gasteiger partial charge on any atom is -0.481 e. The van der Waals surface area contributed by atoms with Gasteiger partial charge < -0.3 is 19.7 Å². The summed E-state index contributed by atoms with van der Waals surface area (Å²) in [6, 6.07) is 7.38. The van der Waals surface area contributed by atoms with Gasteiger partial charge in [0.2, 0.25) is 0 Å². The Kier molecular flexibility index (Phi) is 4.70. The standard InChI is InChI=1S/C14H16O6/c15-12(16)6-5-9-3-1-2-4-10(9)7-11-13(14(17)18)20-8-19-11/h1-4,11,13H,5-8H2,(H,15,16)(H,17,18)/t11-,13+/m0/s1. The molecule has 0 bridgehead atoms. The van der Waals surface area contributed by atoms with Crippen molar-refractivity contribution < 1.29 is 29.3 Å². The van der Waals surface area contributed by atoms with E-state index < -0.39 is 24.1 Å². The maximum Gasteiger partial charge on any atom is 0.335 e. The molecule has 1 fully saturated rings. The molecule has 0 saturated carbocycles. The zero-order chi connectivity index (χ0) is 14.5. The van der Waals surface area contributed by atoms with E-state index in [4.69, 9.17) is 19.7 Å². The van der Waals surface area contributed by atoms with Crippen molar-refractivity contribution in [3.8, 4) is 0 Å². The van der Waals surface area contributed by atoms with Crippen LogP contribution >= 0.6 is 0 Å². The van der Waals surface area contributed by atoms with Gasteiger partial charge in [0.05, 0.1) is 0 Å². The first kappa shape index (κ1) is 14.5. The minimum absolute atomic E-state index is 0.0288. The Hall–Kier alpha value is -1.92. The van der Waals surface area contributed by atoms with E-state index in [9.17, 15) is 9.59 Å². The third-order valence-corrected chi connectivity index (χ3v) is 3.26. The summed E-state index contributed by atoms with van der Waals surface area (Å²) in [5, 5.41) is 17.8. The van der Waals surface area contributed by atoms with Crippen molar-refractivity contribution in [3.63, 3.8) is 0 Å². The molecule has 6 nitrogen and oxygen atoms in total. The highest BCUT2D eigenvalue weighted by molar-refractivity contribution is 5.73. The molecule has 1 saturated heterocycles. The molecule has 0 unspecified atom stereocenters. The van der Waals surface area contributed by atoms with Crippen LogP contribution in [0.5, 0.6) is 0 Å². The molecule has 0 aliphatic carbocycles. The second-order valence-corrected chi connectivity index (χ2v) is 4.62. The van der Waals surface area contributed by atoms with Gasteiger partial charge in [0.25, 0.3) is 0 Å². The van der Waals surface area contributed by atoms with Crippen molar-refractivity contribution in [1.82, 2.24) is 0 Å². The summed E-state index contributed by atoms with van der Waals surface area (Å²) < 4.78 is 10.3. The number of rotatable bonds is 6. The van der Waals surface area contributed by atoms with E-state index in [1.807, 2.05) is 24.3 Å². The lowest BCUT2D eigenvalue weighted by molar-refractivity contribution is -0.147. The van der Waals surface area contributed by atoms with Gasteiger partial charge in [-0.1, -0.05) is 24.3 Å². The van der Waals surface area contributed by atoms with Crippen LogP contribution in [0.2, 0.25) is 0 Å². The fraction of sp³-hybridized carbons (Fsp3) is 0.429. The van der Waals surface area contributed by atoms with Crippen LogP contribution in [0, 0.1) is 0 Å². The Labute approximate surface area is 115 Å². The molecule has 2 rings (SSSR count). The van der Waals surface area contributed by atoms with Crippen LogP contribution in [0.3, 0.4) is 0 Å². The number of hydrogen-bond acceptors (Lipinski definition) is 4. The summed E-state index contributed by atoms with van der Waals surface area (Å²) in [5.74, 6) is -1.90. The Morgan fingerprint density at radius 3 is 2.50 bits per heavy atom. The van der Waals surface area contributed by atoms with E-state index in [1.165, 1.54) is 0 Å². The second kappa shape index (κ2) is 6.49. The molecular formula is C14H16O6. The van der Waals surface area contributed by atoms with E-state index >= 15 is 0 Å².